The Kier molecular flexibility index (Phi) is 3.80. The van der Waals surface area contributed by atoms with Crippen molar-refractivity contribution < 1.29 is 22.7 Å². The van der Waals surface area contributed by atoms with Crippen LogP contribution in [0.4, 0.5) is 13.2 Å². The van der Waals surface area contributed by atoms with Crippen molar-refractivity contribution in [2.45, 2.75) is 6.18 Å². The predicted octanol–water partition coefficient (Wildman–Crippen LogP) is 2.84. The number of ether oxygens (including phenoxy) is 1. The second-order valence-corrected chi connectivity index (χ2v) is 4.52. The lowest BCUT2D eigenvalue weighted by molar-refractivity contribution is -0.137. The SMILES string of the molecule is COC(=O)c1nc(-n2cc(C(F)(F)F)cn2)ccc1Br. The van der Waals surface area contributed by atoms with Gasteiger partial charge in [0.15, 0.2) is 11.5 Å². The van der Waals surface area contributed by atoms with E-state index >= 15 is 0 Å². The van der Waals surface area contributed by atoms with Gasteiger partial charge in [-0.3, -0.25) is 0 Å². The number of esters is 1. The van der Waals surface area contributed by atoms with E-state index in [4.69, 9.17) is 0 Å². The standard InChI is InChI=1S/C11H7BrF3N3O2/c1-20-10(19)9-7(12)2-3-8(17-9)18-5-6(4-16-18)11(13,14)15/h2-5H,1H3. The minimum absolute atomic E-state index is 0.0472. The minimum atomic E-state index is -4.49. The number of pyridine rings is 1. The Hall–Kier alpha value is -1.90. The molecule has 0 saturated heterocycles. The molecule has 0 saturated carbocycles. The van der Waals surface area contributed by atoms with Crippen LogP contribution in [0.3, 0.4) is 0 Å². The summed E-state index contributed by atoms with van der Waals surface area (Å²) in [5.74, 6) is -0.633. The normalized spacial score (nSPS) is 11.4. The van der Waals surface area contributed by atoms with Gasteiger partial charge in [-0.25, -0.2) is 14.5 Å². The molecule has 0 fully saturated rings. The summed E-state index contributed by atoms with van der Waals surface area (Å²) >= 11 is 3.11. The number of hydrogen-bond donors (Lipinski definition) is 0. The van der Waals surface area contributed by atoms with Gasteiger partial charge in [0.2, 0.25) is 0 Å². The molecular weight excluding hydrogens is 343 g/mol. The van der Waals surface area contributed by atoms with Crippen LogP contribution < -0.4 is 0 Å². The van der Waals surface area contributed by atoms with Crippen LogP contribution in [-0.2, 0) is 10.9 Å². The van der Waals surface area contributed by atoms with Gasteiger partial charge in [-0.2, -0.15) is 18.3 Å². The summed E-state index contributed by atoms with van der Waals surface area (Å²) in [5, 5.41) is 3.58. The molecule has 0 aliphatic carbocycles. The summed E-state index contributed by atoms with van der Waals surface area (Å²) in [6, 6.07) is 2.90. The van der Waals surface area contributed by atoms with Crippen LogP contribution in [0.15, 0.2) is 29.0 Å². The molecule has 2 aromatic heterocycles. The van der Waals surface area contributed by atoms with Gasteiger partial charge in [0.05, 0.1) is 23.3 Å². The smallest absolute Gasteiger partial charge is 0.419 e. The topological polar surface area (TPSA) is 57.0 Å². The molecular formula is C11H7BrF3N3O2. The zero-order chi connectivity index (χ0) is 14.9. The summed E-state index contributed by atoms with van der Waals surface area (Å²) in [6.07, 6.45) is -3.02. The Balaban J connectivity index is 2.43. The lowest BCUT2D eigenvalue weighted by Gasteiger charge is -2.05. The van der Waals surface area contributed by atoms with E-state index in [1.54, 1.807) is 0 Å². The van der Waals surface area contributed by atoms with Gasteiger partial charge >= 0.3 is 12.1 Å². The fraction of sp³-hybridized carbons (Fsp3) is 0.182. The molecule has 0 unspecified atom stereocenters. The molecule has 0 atom stereocenters. The van der Waals surface area contributed by atoms with E-state index in [2.05, 4.69) is 30.7 Å². The van der Waals surface area contributed by atoms with Crippen LogP contribution >= 0.6 is 15.9 Å². The Morgan fingerprint density at radius 2 is 2.10 bits per heavy atom. The first-order chi connectivity index (χ1) is 9.32. The molecule has 0 bridgehead atoms. The molecule has 9 heteroatoms. The van der Waals surface area contributed by atoms with Gasteiger partial charge in [0.25, 0.3) is 0 Å². The fourth-order valence-corrected chi connectivity index (χ4v) is 1.78. The number of nitrogens with zero attached hydrogens (tertiary/aromatic N) is 3. The van der Waals surface area contributed by atoms with Gasteiger partial charge < -0.3 is 4.74 Å². The maximum atomic E-state index is 12.5. The molecule has 0 N–H and O–H groups in total. The number of rotatable bonds is 2. The van der Waals surface area contributed by atoms with Crippen LogP contribution in [0.25, 0.3) is 5.82 Å². The molecule has 106 valence electrons. The van der Waals surface area contributed by atoms with Crippen LogP contribution in [0.2, 0.25) is 0 Å². The number of carbonyl (C=O) groups excluding carboxylic acids is 1. The highest BCUT2D eigenvalue weighted by Crippen LogP contribution is 2.29. The first-order valence-corrected chi connectivity index (χ1v) is 5.99. The summed E-state index contributed by atoms with van der Waals surface area (Å²) < 4.78 is 43.3. The average Bonchev–Trinajstić information content (AvgIpc) is 2.88. The second kappa shape index (κ2) is 5.23. The Morgan fingerprint density at radius 3 is 2.65 bits per heavy atom. The number of halogens is 4. The molecule has 2 heterocycles. The molecule has 0 radical (unpaired) electrons. The molecule has 0 amide bonds. The average molecular weight is 350 g/mol. The van der Waals surface area contributed by atoms with Crippen LogP contribution in [0.5, 0.6) is 0 Å². The summed E-state index contributed by atoms with van der Waals surface area (Å²) in [5.41, 5.74) is -0.948. The molecule has 0 aliphatic heterocycles. The lowest BCUT2D eigenvalue weighted by Crippen LogP contribution is -2.09. The maximum absolute atomic E-state index is 12.5. The number of hydrogen-bond acceptors (Lipinski definition) is 4. The van der Waals surface area contributed by atoms with E-state index in [9.17, 15) is 18.0 Å². The summed E-state index contributed by atoms with van der Waals surface area (Å²) in [4.78, 5) is 15.4. The second-order valence-electron chi connectivity index (χ2n) is 3.66. The van der Waals surface area contributed by atoms with Crippen molar-refractivity contribution in [2.24, 2.45) is 0 Å². The third-order valence-electron chi connectivity index (χ3n) is 2.35. The van der Waals surface area contributed by atoms with Crippen LogP contribution in [-0.4, -0.2) is 27.8 Å². The largest absolute Gasteiger partial charge is 0.464 e. The van der Waals surface area contributed by atoms with Crippen LogP contribution in [0.1, 0.15) is 16.1 Å². The molecule has 2 rings (SSSR count). The molecule has 20 heavy (non-hydrogen) atoms. The lowest BCUT2D eigenvalue weighted by atomic mass is 10.3. The van der Waals surface area contributed by atoms with Gasteiger partial charge in [0, 0.05) is 6.20 Å². The monoisotopic (exact) mass is 349 g/mol. The van der Waals surface area contributed by atoms with E-state index < -0.39 is 17.7 Å². The Morgan fingerprint density at radius 1 is 1.40 bits per heavy atom. The third kappa shape index (κ3) is 2.82. The van der Waals surface area contributed by atoms with Gasteiger partial charge in [-0.15, -0.1) is 0 Å². The number of carbonyl (C=O) groups is 1. The molecule has 0 aromatic carbocycles. The molecule has 5 nitrogen and oxygen atoms in total. The maximum Gasteiger partial charge on any atom is 0.419 e. The highest BCUT2D eigenvalue weighted by Gasteiger charge is 2.32. The zero-order valence-electron chi connectivity index (χ0n) is 9.98. The number of methoxy groups -OCH3 is 1. The molecule has 0 aliphatic rings. The van der Waals surface area contributed by atoms with Crippen molar-refractivity contribution in [3.8, 4) is 5.82 Å². The Labute approximate surface area is 119 Å². The fourth-order valence-electron chi connectivity index (χ4n) is 1.39. The van der Waals surface area contributed by atoms with E-state index in [0.717, 1.165) is 10.9 Å². The van der Waals surface area contributed by atoms with E-state index in [-0.39, 0.29) is 11.5 Å². The summed E-state index contributed by atoms with van der Waals surface area (Å²) in [7, 11) is 1.18. The highest BCUT2D eigenvalue weighted by atomic mass is 79.9. The van der Waals surface area contributed by atoms with E-state index in [0.29, 0.717) is 10.7 Å². The molecule has 2 aromatic rings. The van der Waals surface area contributed by atoms with E-state index in [1.165, 1.54) is 19.2 Å². The first-order valence-electron chi connectivity index (χ1n) is 5.20. The third-order valence-corrected chi connectivity index (χ3v) is 2.99. The number of aromatic nitrogens is 3. The first kappa shape index (κ1) is 14.5. The number of alkyl halides is 3. The highest BCUT2D eigenvalue weighted by molar-refractivity contribution is 9.10. The Bertz CT molecular complexity index is 655. The molecule has 0 spiro atoms. The van der Waals surface area contributed by atoms with Crippen molar-refractivity contribution in [3.63, 3.8) is 0 Å². The van der Waals surface area contributed by atoms with Gasteiger partial charge in [-0.05, 0) is 28.1 Å². The van der Waals surface area contributed by atoms with Gasteiger partial charge in [0.1, 0.15) is 0 Å². The minimum Gasteiger partial charge on any atom is -0.464 e. The van der Waals surface area contributed by atoms with E-state index in [1.807, 2.05) is 0 Å². The van der Waals surface area contributed by atoms with Crippen molar-refractivity contribution in [2.75, 3.05) is 7.11 Å². The van der Waals surface area contributed by atoms with Crippen molar-refractivity contribution in [1.29, 1.82) is 0 Å². The van der Waals surface area contributed by atoms with Gasteiger partial charge in [-0.1, -0.05) is 0 Å². The zero-order valence-corrected chi connectivity index (χ0v) is 11.6. The van der Waals surface area contributed by atoms with Crippen molar-refractivity contribution in [3.05, 3.63) is 40.3 Å². The van der Waals surface area contributed by atoms with Crippen molar-refractivity contribution >= 4 is 21.9 Å². The van der Waals surface area contributed by atoms with Crippen LogP contribution in [0, 0.1) is 0 Å². The quantitative estimate of drug-likeness (QED) is 0.782. The summed E-state index contributed by atoms with van der Waals surface area (Å²) in [6.45, 7) is 0. The van der Waals surface area contributed by atoms with Crippen molar-refractivity contribution in [1.82, 2.24) is 14.8 Å². The predicted molar refractivity (Wildman–Crippen MR) is 65.4 cm³/mol.